The molecule has 0 saturated carbocycles. The Morgan fingerprint density at radius 2 is 1.96 bits per heavy atom. The van der Waals surface area contributed by atoms with Gasteiger partial charge >= 0.3 is 0 Å². The first-order valence-electron chi connectivity index (χ1n) is 9.16. The number of furan rings is 1. The van der Waals surface area contributed by atoms with E-state index in [1.54, 1.807) is 0 Å². The van der Waals surface area contributed by atoms with Gasteiger partial charge < -0.3 is 9.73 Å². The van der Waals surface area contributed by atoms with Crippen molar-refractivity contribution < 1.29 is 4.42 Å². The molecule has 0 amide bonds. The monoisotopic (exact) mass is 333 g/mol. The number of rotatable bonds is 4. The van der Waals surface area contributed by atoms with Crippen molar-refractivity contribution in [3.05, 3.63) is 71.5 Å². The van der Waals surface area contributed by atoms with E-state index in [-0.39, 0.29) is 6.04 Å². The van der Waals surface area contributed by atoms with Crippen molar-refractivity contribution in [1.82, 2.24) is 16.2 Å². The Morgan fingerprint density at radius 3 is 2.92 bits per heavy atom. The summed E-state index contributed by atoms with van der Waals surface area (Å²) in [6.07, 6.45) is 2.38. The van der Waals surface area contributed by atoms with Crippen LogP contribution in [0, 0.1) is 5.92 Å². The molecule has 2 heterocycles. The van der Waals surface area contributed by atoms with Crippen LogP contribution in [0.15, 0.2) is 59.0 Å². The van der Waals surface area contributed by atoms with Crippen molar-refractivity contribution in [1.29, 1.82) is 0 Å². The van der Waals surface area contributed by atoms with Crippen LogP contribution in [0.5, 0.6) is 0 Å². The Bertz CT molecular complexity index is 854. The number of hydrogen-bond acceptors (Lipinski definition) is 4. The standard InChI is InChI=1S/C21H23N3O/c1-3-7-17-14(5-1)9-10-18(17)22-12-16-13-23-24-21(16)20-11-15-6-2-4-8-19(15)25-20/h1-8,11,16,18,21-24H,9-10,12-13H2. The van der Waals surface area contributed by atoms with Crippen LogP contribution in [0.3, 0.4) is 0 Å². The highest BCUT2D eigenvalue weighted by Gasteiger charge is 2.32. The molecule has 0 bridgehead atoms. The summed E-state index contributed by atoms with van der Waals surface area (Å²) in [5.74, 6) is 1.48. The zero-order chi connectivity index (χ0) is 16.6. The molecular formula is C21H23N3O. The third-order valence-corrected chi connectivity index (χ3v) is 5.60. The van der Waals surface area contributed by atoms with E-state index in [9.17, 15) is 0 Å². The molecule has 1 aliphatic heterocycles. The number of hydrazine groups is 1. The third-order valence-electron chi connectivity index (χ3n) is 5.60. The van der Waals surface area contributed by atoms with Crippen LogP contribution in [0.25, 0.3) is 11.0 Å². The number of aryl methyl sites for hydroxylation is 1. The normalized spacial score (nSPS) is 25.5. The molecule has 3 N–H and O–H groups in total. The predicted molar refractivity (Wildman–Crippen MR) is 99.1 cm³/mol. The summed E-state index contributed by atoms with van der Waals surface area (Å²) in [4.78, 5) is 0. The molecular weight excluding hydrogens is 310 g/mol. The van der Waals surface area contributed by atoms with Gasteiger partial charge in [-0.2, -0.15) is 0 Å². The smallest absolute Gasteiger partial charge is 0.134 e. The lowest BCUT2D eigenvalue weighted by molar-refractivity contribution is 0.363. The maximum absolute atomic E-state index is 6.08. The number of hydrogen-bond donors (Lipinski definition) is 3. The van der Waals surface area contributed by atoms with Crippen LogP contribution < -0.4 is 16.2 Å². The summed E-state index contributed by atoms with van der Waals surface area (Å²) in [6, 6.07) is 19.9. The van der Waals surface area contributed by atoms with Crippen molar-refractivity contribution in [3.63, 3.8) is 0 Å². The van der Waals surface area contributed by atoms with Crippen molar-refractivity contribution >= 4 is 11.0 Å². The van der Waals surface area contributed by atoms with Gasteiger partial charge in [-0.3, -0.25) is 5.43 Å². The first-order chi connectivity index (χ1) is 12.4. The Balaban J connectivity index is 1.31. The lowest BCUT2D eigenvalue weighted by Crippen LogP contribution is -2.30. The molecule has 1 saturated heterocycles. The van der Waals surface area contributed by atoms with E-state index in [0.717, 1.165) is 24.4 Å². The van der Waals surface area contributed by atoms with Crippen LogP contribution in [0.1, 0.15) is 35.4 Å². The van der Waals surface area contributed by atoms with Crippen molar-refractivity contribution in [3.8, 4) is 0 Å². The van der Waals surface area contributed by atoms with Gasteiger partial charge in [0.2, 0.25) is 0 Å². The molecule has 3 unspecified atom stereocenters. The largest absolute Gasteiger partial charge is 0.459 e. The third kappa shape index (κ3) is 2.76. The minimum absolute atomic E-state index is 0.205. The molecule has 1 aromatic heterocycles. The summed E-state index contributed by atoms with van der Waals surface area (Å²) in [5, 5.41) is 4.96. The summed E-state index contributed by atoms with van der Waals surface area (Å²) < 4.78 is 6.08. The van der Waals surface area contributed by atoms with E-state index in [1.165, 1.54) is 29.4 Å². The summed E-state index contributed by atoms with van der Waals surface area (Å²) in [6.45, 7) is 1.92. The maximum atomic E-state index is 6.08. The molecule has 4 nitrogen and oxygen atoms in total. The average molecular weight is 333 g/mol. The Labute approximate surface area is 147 Å². The van der Waals surface area contributed by atoms with Crippen LogP contribution in [-0.2, 0) is 6.42 Å². The number of para-hydroxylation sites is 1. The number of benzene rings is 2. The van der Waals surface area contributed by atoms with Gasteiger partial charge in [-0.15, -0.1) is 0 Å². The van der Waals surface area contributed by atoms with E-state index < -0.39 is 0 Å². The molecule has 2 aromatic carbocycles. The average Bonchev–Trinajstić information content (AvgIpc) is 3.37. The molecule has 0 radical (unpaired) electrons. The van der Waals surface area contributed by atoms with E-state index in [4.69, 9.17) is 4.42 Å². The molecule has 5 rings (SSSR count). The van der Waals surface area contributed by atoms with E-state index in [2.05, 4.69) is 58.6 Å². The zero-order valence-corrected chi connectivity index (χ0v) is 14.2. The van der Waals surface area contributed by atoms with Crippen molar-refractivity contribution in [2.24, 2.45) is 5.92 Å². The second-order valence-electron chi connectivity index (χ2n) is 7.15. The first-order valence-corrected chi connectivity index (χ1v) is 9.16. The molecule has 3 atom stereocenters. The zero-order valence-electron chi connectivity index (χ0n) is 14.2. The highest BCUT2D eigenvalue weighted by molar-refractivity contribution is 5.77. The molecule has 4 heteroatoms. The van der Waals surface area contributed by atoms with Gasteiger partial charge in [0.1, 0.15) is 11.3 Å². The highest BCUT2D eigenvalue weighted by atomic mass is 16.3. The fourth-order valence-electron chi connectivity index (χ4n) is 4.25. The van der Waals surface area contributed by atoms with Crippen molar-refractivity contribution in [2.45, 2.75) is 24.9 Å². The second kappa shape index (κ2) is 6.30. The van der Waals surface area contributed by atoms with Gasteiger partial charge in [0, 0.05) is 30.4 Å². The topological polar surface area (TPSA) is 49.2 Å². The molecule has 2 aliphatic rings. The van der Waals surface area contributed by atoms with Crippen LogP contribution in [-0.4, -0.2) is 13.1 Å². The van der Waals surface area contributed by atoms with E-state index in [1.807, 2.05) is 12.1 Å². The fourth-order valence-corrected chi connectivity index (χ4v) is 4.25. The molecule has 3 aromatic rings. The number of nitrogens with one attached hydrogen (secondary N) is 3. The summed E-state index contributed by atoms with van der Waals surface area (Å²) in [7, 11) is 0. The minimum Gasteiger partial charge on any atom is -0.459 e. The fraction of sp³-hybridized carbons (Fsp3) is 0.333. The second-order valence-corrected chi connectivity index (χ2v) is 7.15. The maximum Gasteiger partial charge on any atom is 0.134 e. The lowest BCUT2D eigenvalue weighted by Gasteiger charge is -2.20. The SMILES string of the molecule is c1ccc2c(c1)CCC2NCC1CNNC1c1cc2ccccc2o1. The van der Waals surface area contributed by atoms with Crippen LogP contribution >= 0.6 is 0 Å². The molecule has 25 heavy (non-hydrogen) atoms. The van der Waals surface area contributed by atoms with Gasteiger partial charge in [-0.1, -0.05) is 42.5 Å². The summed E-state index contributed by atoms with van der Waals surface area (Å²) >= 11 is 0. The first kappa shape index (κ1) is 15.1. The van der Waals surface area contributed by atoms with Gasteiger partial charge in [0.05, 0.1) is 6.04 Å². The van der Waals surface area contributed by atoms with Gasteiger partial charge in [-0.25, -0.2) is 5.43 Å². The lowest BCUT2D eigenvalue weighted by atomic mass is 9.98. The summed E-state index contributed by atoms with van der Waals surface area (Å²) in [5.41, 5.74) is 10.6. The van der Waals surface area contributed by atoms with Gasteiger partial charge in [0.15, 0.2) is 0 Å². The Morgan fingerprint density at radius 1 is 1.08 bits per heavy atom. The van der Waals surface area contributed by atoms with Crippen molar-refractivity contribution in [2.75, 3.05) is 13.1 Å². The molecule has 0 spiro atoms. The highest BCUT2D eigenvalue weighted by Crippen LogP contribution is 2.33. The Hall–Kier alpha value is -2.14. The quantitative estimate of drug-likeness (QED) is 0.684. The number of fused-ring (bicyclic) bond motifs is 2. The molecule has 128 valence electrons. The van der Waals surface area contributed by atoms with Crippen LogP contribution in [0.2, 0.25) is 0 Å². The molecule has 1 fully saturated rings. The van der Waals surface area contributed by atoms with E-state index in [0.29, 0.717) is 12.0 Å². The Kier molecular flexibility index (Phi) is 3.82. The molecule has 1 aliphatic carbocycles. The van der Waals surface area contributed by atoms with E-state index >= 15 is 0 Å². The van der Waals surface area contributed by atoms with Gasteiger partial charge in [0.25, 0.3) is 0 Å². The minimum atomic E-state index is 0.205. The van der Waals surface area contributed by atoms with Crippen LogP contribution in [0.4, 0.5) is 0 Å². The predicted octanol–water partition coefficient (Wildman–Crippen LogP) is 3.48. The van der Waals surface area contributed by atoms with Gasteiger partial charge in [-0.05, 0) is 36.1 Å².